The highest BCUT2D eigenvalue weighted by atomic mass is 35.5. The van der Waals surface area contributed by atoms with Crippen LogP contribution in [0.25, 0.3) is 10.9 Å². The summed E-state index contributed by atoms with van der Waals surface area (Å²) in [4.78, 5) is 22.6. The van der Waals surface area contributed by atoms with E-state index in [1.165, 1.54) is 0 Å². The maximum atomic E-state index is 14.0. The van der Waals surface area contributed by atoms with Crippen LogP contribution in [0.2, 0.25) is 0 Å². The summed E-state index contributed by atoms with van der Waals surface area (Å²) in [5, 5.41) is 8.36. The normalized spacial score (nSPS) is 10.3. The fourth-order valence-corrected chi connectivity index (χ4v) is 1.82. The molecule has 2 rings (SSSR count). The molecule has 1 heterocycles. The molecule has 0 aliphatic rings. The molecule has 0 radical (unpaired) electrons. The average Bonchev–Trinajstić information content (AvgIpc) is 2.33. The number of aromatic nitrogens is 1. The van der Waals surface area contributed by atoms with Crippen LogP contribution in [0.3, 0.4) is 0 Å². The molecular weight excluding hydrogens is 296 g/mol. The number of nitrogens with zero attached hydrogens (tertiary/aromatic N) is 1. The van der Waals surface area contributed by atoms with Gasteiger partial charge in [-0.05, 0) is 6.07 Å². The minimum atomic E-state index is -1.53. The molecule has 0 amide bonds. The Bertz CT molecular complexity index is 761. The van der Waals surface area contributed by atoms with Crippen LogP contribution in [-0.4, -0.2) is 15.8 Å². The van der Waals surface area contributed by atoms with E-state index < -0.39 is 51.6 Å². The number of hydrogen-bond acceptors (Lipinski definition) is 4. The number of carbonyl (C=O) groups is 1. The van der Waals surface area contributed by atoms with E-state index >= 15 is 0 Å². The van der Waals surface area contributed by atoms with Gasteiger partial charge in [-0.1, -0.05) is 0 Å². The van der Waals surface area contributed by atoms with Gasteiger partial charge in [0.15, 0.2) is 5.82 Å². The van der Waals surface area contributed by atoms with Crippen molar-refractivity contribution in [3.63, 3.8) is 0 Å². The third-order valence-corrected chi connectivity index (χ3v) is 2.74. The minimum absolute atomic E-state index is 0. The van der Waals surface area contributed by atoms with Crippen molar-refractivity contribution in [3.8, 4) is 0 Å². The second-order valence-electron chi connectivity index (χ2n) is 3.84. The molecule has 9 heteroatoms. The van der Waals surface area contributed by atoms with Crippen LogP contribution in [0.4, 0.5) is 8.78 Å². The molecule has 5 N–H and O–H groups in total. The number of rotatable bonds is 2. The van der Waals surface area contributed by atoms with Crippen molar-refractivity contribution < 1.29 is 18.7 Å². The Morgan fingerprint density at radius 1 is 1.40 bits per heavy atom. The smallest absolute Gasteiger partial charge is 0.341 e. The van der Waals surface area contributed by atoms with Crippen LogP contribution in [0, 0.1) is 11.6 Å². The lowest BCUT2D eigenvalue weighted by Gasteiger charge is -2.11. The summed E-state index contributed by atoms with van der Waals surface area (Å²) < 4.78 is 28.2. The molecule has 0 spiro atoms. The van der Waals surface area contributed by atoms with Gasteiger partial charge in [0.2, 0.25) is 5.43 Å². The summed E-state index contributed by atoms with van der Waals surface area (Å²) in [5.74, 6) is 1.82. The summed E-state index contributed by atoms with van der Waals surface area (Å²) in [6.07, 6.45) is 0.772. The summed E-state index contributed by atoms with van der Waals surface area (Å²) in [6.45, 7) is -0.414. The van der Waals surface area contributed by atoms with E-state index in [1.54, 1.807) is 0 Å². The first kappa shape index (κ1) is 15.9. The fourth-order valence-electron chi connectivity index (χ4n) is 1.82. The van der Waals surface area contributed by atoms with Crippen molar-refractivity contribution in [2.45, 2.75) is 6.54 Å². The quantitative estimate of drug-likeness (QED) is 0.702. The molecule has 0 atom stereocenters. The number of benzene rings is 1. The topological polar surface area (TPSA) is 111 Å². The molecule has 0 bridgehead atoms. The first-order valence-electron chi connectivity index (χ1n) is 5.13. The van der Waals surface area contributed by atoms with Gasteiger partial charge in [0, 0.05) is 18.3 Å². The zero-order chi connectivity index (χ0) is 14.3. The fraction of sp³-hybridized carbons (Fsp3) is 0.0909. The number of hydrogen-bond donors (Lipinski definition) is 3. The van der Waals surface area contributed by atoms with Crippen molar-refractivity contribution in [1.29, 1.82) is 0 Å². The van der Waals surface area contributed by atoms with Gasteiger partial charge in [-0.25, -0.2) is 13.6 Å². The average molecular weight is 306 g/mol. The van der Waals surface area contributed by atoms with Crippen LogP contribution in [0.5, 0.6) is 0 Å². The maximum absolute atomic E-state index is 14.0. The largest absolute Gasteiger partial charge is 0.477 e. The summed E-state index contributed by atoms with van der Waals surface area (Å²) >= 11 is 0. The number of pyridine rings is 1. The molecule has 1 aromatic heterocycles. The third-order valence-electron chi connectivity index (χ3n) is 2.74. The predicted octanol–water partition coefficient (Wildman–Crippen LogP) is 0.572. The zero-order valence-corrected chi connectivity index (χ0v) is 10.7. The van der Waals surface area contributed by atoms with Crippen LogP contribution in [0.15, 0.2) is 17.1 Å². The highest BCUT2D eigenvalue weighted by Crippen LogP contribution is 2.21. The first-order valence-corrected chi connectivity index (χ1v) is 5.13. The van der Waals surface area contributed by atoms with Gasteiger partial charge in [0.1, 0.15) is 16.9 Å². The van der Waals surface area contributed by atoms with Gasteiger partial charge in [0.05, 0.1) is 5.39 Å². The molecule has 0 unspecified atom stereocenters. The van der Waals surface area contributed by atoms with Gasteiger partial charge in [-0.3, -0.25) is 9.47 Å². The Hall–Kier alpha value is -2.19. The second kappa shape index (κ2) is 5.43. The first-order chi connectivity index (χ1) is 8.88. The zero-order valence-electron chi connectivity index (χ0n) is 9.89. The van der Waals surface area contributed by atoms with E-state index in [0.717, 1.165) is 12.3 Å². The Kier molecular flexibility index (Phi) is 4.31. The highest BCUT2D eigenvalue weighted by molar-refractivity contribution is 5.93. The molecule has 0 aliphatic heterocycles. The molecule has 0 saturated heterocycles. The van der Waals surface area contributed by atoms with Crippen molar-refractivity contribution in [3.05, 3.63) is 45.2 Å². The van der Waals surface area contributed by atoms with Gasteiger partial charge >= 0.3 is 5.97 Å². The Morgan fingerprint density at radius 2 is 2.00 bits per heavy atom. The minimum Gasteiger partial charge on any atom is -0.477 e. The van der Waals surface area contributed by atoms with Crippen molar-refractivity contribution in [2.75, 3.05) is 5.84 Å². The lowest BCUT2D eigenvalue weighted by Crippen LogP contribution is -2.24. The molecule has 0 fully saturated rings. The Morgan fingerprint density at radius 3 is 2.50 bits per heavy atom. The lowest BCUT2D eigenvalue weighted by molar-refractivity contribution is 0.0695. The molecule has 20 heavy (non-hydrogen) atoms. The van der Waals surface area contributed by atoms with Crippen molar-refractivity contribution >= 4 is 29.3 Å². The molecule has 6 nitrogen and oxygen atoms in total. The van der Waals surface area contributed by atoms with Crippen molar-refractivity contribution in [1.82, 2.24) is 4.68 Å². The van der Waals surface area contributed by atoms with Gasteiger partial charge in [-0.15, -0.1) is 12.4 Å². The molecular formula is C11H10ClF2N3O3. The highest BCUT2D eigenvalue weighted by Gasteiger charge is 2.20. The van der Waals surface area contributed by atoms with E-state index in [2.05, 4.69) is 0 Å². The molecule has 2 aromatic rings. The maximum Gasteiger partial charge on any atom is 0.341 e. The van der Waals surface area contributed by atoms with Gasteiger partial charge in [-0.2, -0.15) is 0 Å². The number of nitrogen functional groups attached to an aromatic ring is 1. The van der Waals surface area contributed by atoms with E-state index in [-0.39, 0.29) is 12.4 Å². The van der Waals surface area contributed by atoms with Gasteiger partial charge < -0.3 is 16.7 Å². The molecule has 0 aliphatic carbocycles. The monoisotopic (exact) mass is 305 g/mol. The molecule has 108 valence electrons. The number of carboxylic acid groups (broad SMARTS) is 1. The van der Waals surface area contributed by atoms with E-state index in [1.807, 2.05) is 0 Å². The Labute approximate surface area is 117 Å². The van der Waals surface area contributed by atoms with Crippen molar-refractivity contribution in [2.24, 2.45) is 5.73 Å². The van der Waals surface area contributed by atoms with Crippen LogP contribution < -0.4 is 17.0 Å². The van der Waals surface area contributed by atoms with Crippen LogP contribution >= 0.6 is 12.4 Å². The standard InChI is InChI=1S/C11H9F2N3O3.ClH/c12-7-1-4-9(8(13)5(7)2-14)16(15)3-6(10(4)17)11(18)19;/h1,3H,2,14-15H2,(H,18,19);1H. The van der Waals surface area contributed by atoms with Crippen LogP contribution in [-0.2, 0) is 6.54 Å². The SMILES string of the molecule is Cl.NCc1c(F)cc2c(=O)c(C(=O)O)cn(N)c2c1F. The number of aromatic carboxylic acids is 1. The molecule has 1 aromatic carbocycles. The third kappa shape index (κ3) is 2.19. The Balaban J connectivity index is 0.00000200. The number of nitrogens with two attached hydrogens (primary N) is 2. The van der Waals surface area contributed by atoms with Crippen LogP contribution in [0.1, 0.15) is 15.9 Å². The van der Waals surface area contributed by atoms with Gasteiger partial charge in [0.25, 0.3) is 0 Å². The van der Waals surface area contributed by atoms with E-state index in [0.29, 0.717) is 4.68 Å². The molecule has 0 saturated carbocycles. The number of halogens is 3. The second-order valence-corrected chi connectivity index (χ2v) is 3.84. The summed E-state index contributed by atoms with van der Waals surface area (Å²) in [6, 6.07) is 0.735. The van der Waals surface area contributed by atoms with E-state index in [9.17, 15) is 18.4 Å². The number of fused-ring (bicyclic) bond motifs is 1. The summed E-state index contributed by atoms with van der Waals surface area (Å²) in [5.41, 5.74) is 2.71. The summed E-state index contributed by atoms with van der Waals surface area (Å²) in [7, 11) is 0. The predicted molar refractivity (Wildman–Crippen MR) is 70.4 cm³/mol. The van der Waals surface area contributed by atoms with E-state index in [4.69, 9.17) is 16.7 Å². The lowest BCUT2D eigenvalue weighted by atomic mass is 10.1. The number of carboxylic acids is 1.